The van der Waals surface area contributed by atoms with Crippen molar-refractivity contribution in [2.45, 2.75) is 44.9 Å². The molecule has 0 aliphatic heterocycles. The van der Waals surface area contributed by atoms with Gasteiger partial charge in [-0.3, -0.25) is 0 Å². The van der Waals surface area contributed by atoms with E-state index in [0.29, 0.717) is 6.04 Å². The van der Waals surface area contributed by atoms with E-state index < -0.39 is 6.17 Å². The van der Waals surface area contributed by atoms with Crippen LogP contribution in [0.5, 0.6) is 0 Å². The number of rotatable bonds is 2. The van der Waals surface area contributed by atoms with E-state index in [2.05, 4.69) is 5.32 Å². The zero-order valence-corrected chi connectivity index (χ0v) is 7.25. The highest BCUT2D eigenvalue weighted by molar-refractivity contribution is 5.85. The molecule has 10 heavy (non-hydrogen) atoms. The first-order valence-corrected chi connectivity index (χ1v) is 3.60. The minimum absolute atomic E-state index is 0. The van der Waals surface area contributed by atoms with Crippen molar-refractivity contribution < 1.29 is 4.39 Å². The topological polar surface area (TPSA) is 12.0 Å². The number of hydrogen-bond acceptors (Lipinski definition) is 1. The molecule has 0 aromatic heterocycles. The minimum Gasteiger partial charge on any atom is -0.309 e. The summed E-state index contributed by atoms with van der Waals surface area (Å²) in [7, 11) is 0. The van der Waals surface area contributed by atoms with Crippen LogP contribution < -0.4 is 5.32 Å². The largest absolute Gasteiger partial charge is 0.309 e. The molecule has 1 rings (SSSR count). The van der Waals surface area contributed by atoms with E-state index >= 15 is 0 Å². The first-order chi connectivity index (χ1) is 4.20. The maximum absolute atomic E-state index is 12.5. The predicted octanol–water partition coefficient (Wildman–Crippen LogP) is 1.91. The van der Waals surface area contributed by atoms with Crippen LogP contribution in [0.25, 0.3) is 0 Å². The Kier molecular flexibility index (Phi) is 4.22. The van der Waals surface area contributed by atoms with Crippen LogP contribution in [-0.4, -0.2) is 18.3 Å². The summed E-state index contributed by atoms with van der Waals surface area (Å²) >= 11 is 0. The van der Waals surface area contributed by atoms with Crippen molar-refractivity contribution in [2.75, 3.05) is 0 Å². The molecule has 2 atom stereocenters. The van der Waals surface area contributed by atoms with Gasteiger partial charge in [0.05, 0.1) is 0 Å². The van der Waals surface area contributed by atoms with E-state index in [1.54, 1.807) is 0 Å². The quantitative estimate of drug-likeness (QED) is 0.663. The summed E-state index contributed by atoms with van der Waals surface area (Å²) in [5.74, 6) is 0. The molecule has 0 spiro atoms. The van der Waals surface area contributed by atoms with E-state index in [9.17, 15) is 4.39 Å². The Labute approximate surface area is 67.8 Å². The molecule has 0 amide bonds. The molecule has 0 heterocycles. The zero-order valence-electron chi connectivity index (χ0n) is 6.43. The van der Waals surface area contributed by atoms with Crippen LogP contribution in [0.4, 0.5) is 4.39 Å². The van der Waals surface area contributed by atoms with Crippen LogP contribution in [0.15, 0.2) is 0 Å². The fourth-order valence-electron chi connectivity index (χ4n) is 1.08. The van der Waals surface area contributed by atoms with Crippen molar-refractivity contribution >= 4 is 12.4 Å². The van der Waals surface area contributed by atoms with Gasteiger partial charge in [0.25, 0.3) is 0 Å². The van der Waals surface area contributed by atoms with Gasteiger partial charge in [-0.15, -0.1) is 12.4 Å². The molecular weight excluding hydrogens is 153 g/mol. The molecule has 1 fully saturated rings. The molecule has 0 bridgehead atoms. The van der Waals surface area contributed by atoms with E-state index in [0.717, 1.165) is 12.8 Å². The lowest BCUT2D eigenvalue weighted by Gasteiger charge is -2.32. The van der Waals surface area contributed by atoms with Crippen molar-refractivity contribution in [1.82, 2.24) is 5.32 Å². The summed E-state index contributed by atoms with van der Waals surface area (Å²) in [6, 6.07) is 0.582. The molecule has 1 saturated carbocycles. The average Bonchev–Trinajstić information content (AvgIpc) is 1.79. The van der Waals surface area contributed by atoms with Gasteiger partial charge in [-0.25, -0.2) is 4.39 Å². The molecule has 1 N–H and O–H groups in total. The maximum atomic E-state index is 12.5. The van der Waals surface area contributed by atoms with E-state index in [-0.39, 0.29) is 18.4 Å². The molecule has 0 aromatic carbocycles. The third kappa shape index (κ3) is 2.43. The van der Waals surface area contributed by atoms with Crippen LogP contribution in [0.3, 0.4) is 0 Å². The summed E-state index contributed by atoms with van der Waals surface area (Å²) in [5.41, 5.74) is 0. The third-order valence-electron chi connectivity index (χ3n) is 1.74. The van der Waals surface area contributed by atoms with E-state index in [1.807, 2.05) is 13.8 Å². The standard InChI is InChI=1S/C7H14FN.ClH/c1-5(2)9-7-4-3-6(7)8;/h5-7,9H,3-4H2,1-2H3;1H/t6-,7-;/m1./s1. The number of hydrogen-bond donors (Lipinski definition) is 1. The highest BCUT2D eigenvalue weighted by Gasteiger charge is 2.30. The number of nitrogens with one attached hydrogen (secondary N) is 1. The molecule has 0 aromatic rings. The molecule has 1 nitrogen and oxygen atoms in total. The van der Waals surface area contributed by atoms with Gasteiger partial charge in [-0.2, -0.15) is 0 Å². The fraction of sp³-hybridized carbons (Fsp3) is 1.00. The Morgan fingerprint density at radius 1 is 1.40 bits per heavy atom. The smallest absolute Gasteiger partial charge is 0.115 e. The highest BCUT2D eigenvalue weighted by Crippen LogP contribution is 2.23. The maximum Gasteiger partial charge on any atom is 0.115 e. The molecule has 0 saturated heterocycles. The second-order valence-corrected chi connectivity index (χ2v) is 3.02. The molecule has 0 unspecified atom stereocenters. The van der Waals surface area contributed by atoms with Crippen LogP contribution in [0.2, 0.25) is 0 Å². The van der Waals surface area contributed by atoms with Gasteiger partial charge in [-0.1, -0.05) is 13.8 Å². The first-order valence-electron chi connectivity index (χ1n) is 3.60. The van der Waals surface area contributed by atoms with Crippen LogP contribution in [0, 0.1) is 0 Å². The summed E-state index contributed by atoms with van der Waals surface area (Å²) in [4.78, 5) is 0. The number of alkyl halides is 1. The molecular formula is C7H15ClFN. The lowest BCUT2D eigenvalue weighted by molar-refractivity contribution is 0.135. The average molecular weight is 168 g/mol. The summed E-state index contributed by atoms with van der Waals surface area (Å²) in [6.45, 7) is 4.09. The minimum atomic E-state index is -0.576. The normalized spacial score (nSPS) is 31.2. The Bertz CT molecular complexity index is 97.6. The summed E-state index contributed by atoms with van der Waals surface area (Å²) in [6.07, 6.45) is 1.19. The van der Waals surface area contributed by atoms with Crippen molar-refractivity contribution in [3.63, 3.8) is 0 Å². The van der Waals surface area contributed by atoms with Crippen molar-refractivity contribution in [1.29, 1.82) is 0 Å². The lowest BCUT2D eigenvalue weighted by Crippen LogP contribution is -2.48. The SMILES string of the molecule is CC(C)N[C@@H]1CC[C@H]1F.Cl. The van der Waals surface area contributed by atoms with E-state index in [4.69, 9.17) is 0 Å². The van der Waals surface area contributed by atoms with Gasteiger partial charge in [-0.05, 0) is 12.8 Å². The van der Waals surface area contributed by atoms with Crippen molar-refractivity contribution in [3.05, 3.63) is 0 Å². The molecule has 3 heteroatoms. The van der Waals surface area contributed by atoms with Crippen molar-refractivity contribution in [3.8, 4) is 0 Å². The Morgan fingerprint density at radius 2 is 2.00 bits per heavy atom. The first kappa shape index (κ1) is 10.2. The van der Waals surface area contributed by atoms with Crippen molar-refractivity contribution in [2.24, 2.45) is 0 Å². The van der Waals surface area contributed by atoms with Gasteiger partial charge in [0, 0.05) is 12.1 Å². The second kappa shape index (κ2) is 4.14. The number of halogens is 2. The summed E-state index contributed by atoms with van der Waals surface area (Å²) in [5, 5.41) is 3.15. The summed E-state index contributed by atoms with van der Waals surface area (Å²) < 4.78 is 12.5. The Morgan fingerprint density at radius 3 is 2.10 bits per heavy atom. The molecule has 62 valence electrons. The second-order valence-electron chi connectivity index (χ2n) is 3.02. The van der Waals surface area contributed by atoms with Gasteiger partial charge < -0.3 is 5.32 Å². The van der Waals surface area contributed by atoms with Gasteiger partial charge in [0.1, 0.15) is 6.17 Å². The predicted molar refractivity (Wildman–Crippen MR) is 43.4 cm³/mol. The van der Waals surface area contributed by atoms with Gasteiger partial charge in [0.2, 0.25) is 0 Å². The molecule has 1 aliphatic carbocycles. The Hall–Kier alpha value is 0.180. The highest BCUT2D eigenvalue weighted by atomic mass is 35.5. The van der Waals surface area contributed by atoms with Crippen LogP contribution in [-0.2, 0) is 0 Å². The molecule has 1 aliphatic rings. The fourth-order valence-corrected chi connectivity index (χ4v) is 1.08. The van der Waals surface area contributed by atoms with E-state index in [1.165, 1.54) is 0 Å². The molecule has 0 radical (unpaired) electrons. The lowest BCUT2D eigenvalue weighted by atomic mass is 9.90. The third-order valence-corrected chi connectivity index (χ3v) is 1.74. The zero-order chi connectivity index (χ0) is 6.85. The Balaban J connectivity index is 0.000000810. The van der Waals surface area contributed by atoms with Gasteiger partial charge >= 0.3 is 0 Å². The monoisotopic (exact) mass is 167 g/mol. The van der Waals surface area contributed by atoms with Gasteiger partial charge in [0.15, 0.2) is 0 Å². The van der Waals surface area contributed by atoms with Crippen LogP contribution in [0.1, 0.15) is 26.7 Å². The van der Waals surface area contributed by atoms with Crippen LogP contribution >= 0.6 is 12.4 Å².